The number of amides is 1. The molecule has 2 saturated heterocycles. The van der Waals surface area contributed by atoms with Crippen LogP contribution in [0.4, 0.5) is 29.1 Å². The lowest BCUT2D eigenvalue weighted by Gasteiger charge is -2.40. The van der Waals surface area contributed by atoms with E-state index in [4.69, 9.17) is 21.3 Å². The first-order valence-corrected chi connectivity index (χ1v) is 14.4. The van der Waals surface area contributed by atoms with Crippen molar-refractivity contribution in [3.63, 3.8) is 0 Å². The summed E-state index contributed by atoms with van der Waals surface area (Å²) in [5.41, 5.74) is -0.230. The second kappa shape index (κ2) is 12.8. The molecular formula is C30H35F4N7O2. The minimum Gasteiger partial charge on any atom is -0.462 e. The van der Waals surface area contributed by atoms with Gasteiger partial charge >= 0.3 is 12.2 Å². The number of piperazine rings is 1. The molecule has 13 heteroatoms. The second-order valence-corrected chi connectivity index (χ2v) is 11.2. The van der Waals surface area contributed by atoms with Crippen molar-refractivity contribution in [3.8, 4) is 6.01 Å². The van der Waals surface area contributed by atoms with E-state index in [0.717, 1.165) is 31.0 Å². The van der Waals surface area contributed by atoms with E-state index in [1.807, 2.05) is 11.9 Å². The van der Waals surface area contributed by atoms with Crippen molar-refractivity contribution in [2.24, 2.45) is 0 Å². The summed E-state index contributed by atoms with van der Waals surface area (Å²) in [6.07, 6.45) is -0.617. The summed E-state index contributed by atoms with van der Waals surface area (Å²) < 4.78 is 62.5. The van der Waals surface area contributed by atoms with Gasteiger partial charge in [0.2, 0.25) is 12.5 Å². The molecule has 0 unspecified atom stereocenters. The van der Waals surface area contributed by atoms with E-state index >= 15 is 0 Å². The van der Waals surface area contributed by atoms with Crippen molar-refractivity contribution >= 4 is 17.4 Å². The number of benzene rings is 1. The molecule has 4 heterocycles. The average molecular weight is 602 g/mol. The van der Waals surface area contributed by atoms with E-state index in [1.54, 1.807) is 4.90 Å². The highest BCUT2D eigenvalue weighted by molar-refractivity contribution is 5.87. The summed E-state index contributed by atoms with van der Waals surface area (Å²) >= 11 is 0. The quantitative estimate of drug-likeness (QED) is 0.268. The molecule has 0 spiro atoms. The smallest absolute Gasteiger partial charge is 0.421 e. The monoisotopic (exact) mass is 601 g/mol. The van der Waals surface area contributed by atoms with Crippen molar-refractivity contribution in [1.29, 1.82) is 0 Å². The van der Waals surface area contributed by atoms with Crippen molar-refractivity contribution in [2.75, 3.05) is 62.7 Å². The molecule has 1 aromatic heterocycles. The third kappa shape index (κ3) is 6.54. The van der Waals surface area contributed by atoms with Crippen LogP contribution >= 0.6 is 0 Å². The number of carbonyl (C=O) groups excluding carboxylic acids is 1. The number of aromatic nitrogens is 2. The van der Waals surface area contributed by atoms with Gasteiger partial charge in [0.1, 0.15) is 29.8 Å². The molecule has 2 atom stereocenters. The Morgan fingerprint density at radius 2 is 1.98 bits per heavy atom. The normalized spacial score (nSPS) is 21.3. The number of hydrogen-bond acceptors (Lipinski definition) is 7. The number of anilines is 2. The lowest BCUT2D eigenvalue weighted by Crippen LogP contribution is -2.56. The number of likely N-dealkylation sites (N-methyl/N-ethyl adjacent to an activating group) is 1. The first-order chi connectivity index (χ1) is 20.6. The van der Waals surface area contributed by atoms with Gasteiger partial charge in [-0.3, -0.25) is 4.79 Å². The molecule has 0 N–H and O–H groups in total. The predicted molar refractivity (Wildman–Crippen MR) is 153 cm³/mol. The standard InChI is InChI=1S/C30H35F4N7O2/c1-4-26(42)41-15-14-40(17-21(41)16-35-2)28-22-9-7-13-39(25-11-5-10-23(31)27(25)30(32,33)34)18-24(22)36-29(37-28)43-19-20-8-6-12-38(20)3/h4-5,10-11,20-21H,1,6-9,12-19H2,3H3/t20-,21-/m0/s1. The van der Waals surface area contributed by atoms with Gasteiger partial charge in [0.25, 0.3) is 0 Å². The number of hydrogen-bond donors (Lipinski definition) is 0. The lowest BCUT2D eigenvalue weighted by molar-refractivity contribution is -0.139. The highest BCUT2D eigenvalue weighted by Gasteiger charge is 2.39. The fourth-order valence-electron chi connectivity index (χ4n) is 6.25. The van der Waals surface area contributed by atoms with Crippen LogP contribution in [0.3, 0.4) is 0 Å². The van der Waals surface area contributed by atoms with Gasteiger partial charge in [-0.05, 0) is 57.5 Å². The maximum atomic E-state index is 14.5. The molecular weight excluding hydrogens is 566 g/mol. The van der Waals surface area contributed by atoms with Crippen LogP contribution in [0.2, 0.25) is 0 Å². The highest BCUT2D eigenvalue weighted by Crippen LogP contribution is 2.40. The van der Waals surface area contributed by atoms with E-state index in [9.17, 15) is 22.4 Å². The van der Waals surface area contributed by atoms with Crippen LogP contribution in [0.1, 0.15) is 36.1 Å². The molecule has 43 heavy (non-hydrogen) atoms. The number of alkyl halides is 3. The molecule has 1 amide bonds. The minimum atomic E-state index is -4.87. The number of halogens is 4. The van der Waals surface area contributed by atoms with Gasteiger partial charge in [0.05, 0.1) is 17.9 Å². The number of ether oxygens (including phenoxy) is 1. The largest absolute Gasteiger partial charge is 0.462 e. The Morgan fingerprint density at radius 3 is 2.67 bits per heavy atom. The molecule has 9 nitrogen and oxygen atoms in total. The molecule has 5 rings (SSSR count). The number of nitrogens with zero attached hydrogens (tertiary/aromatic N) is 7. The predicted octanol–water partition coefficient (Wildman–Crippen LogP) is 4.18. The maximum absolute atomic E-state index is 14.5. The Balaban J connectivity index is 1.52. The first kappa shape index (κ1) is 30.5. The Labute approximate surface area is 248 Å². The van der Waals surface area contributed by atoms with Crippen LogP contribution in [0, 0.1) is 12.4 Å². The van der Waals surface area contributed by atoms with Crippen molar-refractivity contribution in [1.82, 2.24) is 19.8 Å². The molecule has 3 aliphatic rings. The van der Waals surface area contributed by atoms with Gasteiger partial charge in [0.15, 0.2) is 0 Å². The van der Waals surface area contributed by atoms with Gasteiger partial charge in [0, 0.05) is 37.8 Å². The van der Waals surface area contributed by atoms with E-state index in [1.165, 1.54) is 23.1 Å². The second-order valence-electron chi connectivity index (χ2n) is 11.2. The number of carbonyl (C=O) groups is 1. The zero-order valence-corrected chi connectivity index (χ0v) is 24.1. The van der Waals surface area contributed by atoms with Crippen LogP contribution in [0.25, 0.3) is 4.85 Å². The lowest BCUT2D eigenvalue weighted by atomic mass is 10.1. The molecule has 0 aliphatic carbocycles. The SMILES string of the molecule is [C-]#[N+]C[C@H]1CN(c2nc(OC[C@@H]3CCCN3C)nc3c2CCCN(c2cccc(F)c2C(F)(F)F)C3)CCN1C(=O)C=C. The third-order valence-electron chi connectivity index (χ3n) is 8.48. The van der Waals surface area contributed by atoms with E-state index in [0.29, 0.717) is 50.6 Å². The third-order valence-corrected chi connectivity index (χ3v) is 8.48. The fraction of sp³-hybridized carbons (Fsp3) is 0.533. The minimum absolute atomic E-state index is 0.0114. The summed E-state index contributed by atoms with van der Waals surface area (Å²) in [4.78, 5) is 32.9. The van der Waals surface area contributed by atoms with Crippen LogP contribution < -0.4 is 14.5 Å². The number of likely N-dealkylation sites (tertiary alicyclic amines) is 1. The van der Waals surface area contributed by atoms with Gasteiger partial charge in [-0.2, -0.15) is 23.1 Å². The Morgan fingerprint density at radius 1 is 1.16 bits per heavy atom. The van der Waals surface area contributed by atoms with Crippen LogP contribution in [-0.2, 0) is 23.9 Å². The van der Waals surface area contributed by atoms with Crippen LogP contribution in [-0.4, -0.2) is 90.7 Å². The topological polar surface area (TPSA) is 69.4 Å². The molecule has 230 valence electrons. The molecule has 0 bridgehead atoms. The van der Waals surface area contributed by atoms with Crippen LogP contribution in [0.15, 0.2) is 30.9 Å². The van der Waals surface area contributed by atoms with Gasteiger partial charge < -0.3 is 29.2 Å². The maximum Gasteiger partial charge on any atom is 0.421 e. The molecule has 0 saturated carbocycles. The Bertz CT molecular complexity index is 1400. The van der Waals surface area contributed by atoms with Crippen molar-refractivity contribution < 1.29 is 27.1 Å². The number of rotatable bonds is 7. The molecule has 0 radical (unpaired) electrons. The first-order valence-electron chi connectivity index (χ1n) is 14.4. The van der Waals surface area contributed by atoms with Gasteiger partial charge in [-0.15, -0.1) is 0 Å². The molecule has 2 fully saturated rings. The van der Waals surface area contributed by atoms with Crippen LogP contribution in [0.5, 0.6) is 6.01 Å². The molecule has 2 aromatic rings. The molecule has 1 aromatic carbocycles. The Hall–Kier alpha value is -3.92. The van der Waals surface area contributed by atoms with E-state index in [-0.39, 0.29) is 49.3 Å². The summed E-state index contributed by atoms with van der Waals surface area (Å²) in [5, 5.41) is 0. The highest BCUT2D eigenvalue weighted by atomic mass is 19.4. The van der Waals surface area contributed by atoms with Crippen molar-refractivity contribution in [3.05, 3.63) is 64.9 Å². The van der Waals surface area contributed by atoms with E-state index in [2.05, 4.69) is 16.3 Å². The van der Waals surface area contributed by atoms with Gasteiger partial charge in [-0.1, -0.05) is 12.6 Å². The zero-order valence-electron chi connectivity index (χ0n) is 24.1. The van der Waals surface area contributed by atoms with Crippen molar-refractivity contribution in [2.45, 2.75) is 50.5 Å². The zero-order chi connectivity index (χ0) is 30.7. The average Bonchev–Trinajstić information content (AvgIpc) is 3.26. The van der Waals surface area contributed by atoms with Gasteiger partial charge in [-0.25, -0.2) is 11.0 Å². The fourth-order valence-corrected chi connectivity index (χ4v) is 6.25. The Kier molecular flexibility index (Phi) is 9.05. The summed E-state index contributed by atoms with van der Waals surface area (Å²) in [7, 11) is 2.03. The summed E-state index contributed by atoms with van der Waals surface area (Å²) in [5.74, 6) is -0.969. The summed E-state index contributed by atoms with van der Waals surface area (Å²) in [6, 6.07) is 3.32. The molecule has 3 aliphatic heterocycles. The summed E-state index contributed by atoms with van der Waals surface area (Å²) in [6.45, 7) is 13.9. The number of fused-ring (bicyclic) bond motifs is 1. The van der Waals surface area contributed by atoms with E-state index < -0.39 is 17.6 Å².